The first-order valence-corrected chi connectivity index (χ1v) is 7.61. The normalized spacial score (nSPS) is 19.5. The molecule has 1 aromatic carbocycles. The number of aromatic carboxylic acids is 1. The van der Waals surface area contributed by atoms with E-state index in [4.69, 9.17) is 0 Å². The summed E-state index contributed by atoms with van der Waals surface area (Å²) < 4.78 is 13.4. The number of carboxylic acids is 1. The van der Waals surface area contributed by atoms with Crippen molar-refractivity contribution >= 4 is 16.9 Å². The van der Waals surface area contributed by atoms with E-state index in [1.165, 1.54) is 18.6 Å². The van der Waals surface area contributed by atoms with Crippen LogP contribution in [0.5, 0.6) is 0 Å². The summed E-state index contributed by atoms with van der Waals surface area (Å²) in [6.07, 6.45) is 3.56. The van der Waals surface area contributed by atoms with Crippen LogP contribution in [-0.4, -0.2) is 33.5 Å². The molecule has 22 heavy (non-hydrogen) atoms. The Kier molecular flexibility index (Phi) is 4.07. The molecule has 1 N–H and O–H groups in total. The van der Waals surface area contributed by atoms with E-state index < -0.39 is 11.8 Å². The summed E-state index contributed by atoms with van der Waals surface area (Å²) >= 11 is 0. The summed E-state index contributed by atoms with van der Waals surface area (Å²) in [5, 5.41) is 9.74. The molecular weight excluding hydrogens is 283 g/mol. The minimum absolute atomic E-state index is 0.115. The number of carbonyl (C=O) groups is 1. The van der Waals surface area contributed by atoms with E-state index in [0.717, 1.165) is 25.1 Å². The SMILES string of the molecule is CC1CCCCN1Cc1cc(C(=O)O)c2cc(F)ccc2n1. The van der Waals surface area contributed by atoms with Crippen molar-refractivity contribution < 1.29 is 14.3 Å². The van der Waals surface area contributed by atoms with Gasteiger partial charge in [0.2, 0.25) is 0 Å². The summed E-state index contributed by atoms with van der Waals surface area (Å²) in [7, 11) is 0. The highest BCUT2D eigenvalue weighted by molar-refractivity contribution is 6.02. The molecular formula is C17H19FN2O2. The third-order valence-electron chi connectivity index (χ3n) is 4.36. The van der Waals surface area contributed by atoms with Crippen molar-refractivity contribution in [1.82, 2.24) is 9.88 Å². The average Bonchev–Trinajstić information content (AvgIpc) is 2.49. The first kappa shape index (κ1) is 14.9. The number of aromatic nitrogens is 1. The fourth-order valence-corrected chi connectivity index (χ4v) is 3.11. The van der Waals surface area contributed by atoms with Crippen molar-refractivity contribution in [2.24, 2.45) is 0 Å². The number of fused-ring (bicyclic) bond motifs is 1. The van der Waals surface area contributed by atoms with E-state index in [1.807, 2.05) is 0 Å². The quantitative estimate of drug-likeness (QED) is 0.943. The van der Waals surface area contributed by atoms with Crippen molar-refractivity contribution in [3.8, 4) is 0 Å². The van der Waals surface area contributed by atoms with Gasteiger partial charge < -0.3 is 5.11 Å². The van der Waals surface area contributed by atoms with E-state index in [9.17, 15) is 14.3 Å². The van der Waals surface area contributed by atoms with Gasteiger partial charge in [-0.05, 0) is 50.6 Å². The van der Waals surface area contributed by atoms with Gasteiger partial charge in [0.05, 0.1) is 16.8 Å². The number of hydrogen-bond donors (Lipinski definition) is 1. The fourth-order valence-electron chi connectivity index (χ4n) is 3.11. The van der Waals surface area contributed by atoms with Crippen LogP contribution in [0.3, 0.4) is 0 Å². The lowest BCUT2D eigenvalue weighted by atomic mass is 10.0. The van der Waals surface area contributed by atoms with Gasteiger partial charge >= 0.3 is 5.97 Å². The van der Waals surface area contributed by atoms with Crippen LogP contribution in [0, 0.1) is 5.82 Å². The number of rotatable bonds is 3. The van der Waals surface area contributed by atoms with E-state index >= 15 is 0 Å². The molecule has 1 aliphatic rings. The van der Waals surface area contributed by atoms with Crippen LogP contribution < -0.4 is 0 Å². The lowest BCUT2D eigenvalue weighted by Crippen LogP contribution is -2.37. The summed E-state index contributed by atoms with van der Waals surface area (Å²) in [5.41, 5.74) is 1.37. The van der Waals surface area contributed by atoms with Gasteiger partial charge in [-0.25, -0.2) is 9.18 Å². The second-order valence-corrected chi connectivity index (χ2v) is 5.94. The average molecular weight is 302 g/mol. The topological polar surface area (TPSA) is 53.4 Å². The molecule has 1 atom stereocenters. The van der Waals surface area contributed by atoms with Crippen LogP contribution in [0.1, 0.15) is 42.2 Å². The van der Waals surface area contributed by atoms with Gasteiger partial charge in [-0.2, -0.15) is 0 Å². The Labute approximate surface area is 128 Å². The van der Waals surface area contributed by atoms with Crippen molar-refractivity contribution in [2.75, 3.05) is 6.54 Å². The molecule has 4 nitrogen and oxygen atoms in total. The van der Waals surface area contributed by atoms with Crippen LogP contribution in [0.15, 0.2) is 24.3 Å². The smallest absolute Gasteiger partial charge is 0.336 e. The Morgan fingerprint density at radius 3 is 2.95 bits per heavy atom. The minimum Gasteiger partial charge on any atom is -0.478 e. The first-order chi connectivity index (χ1) is 10.5. The van der Waals surface area contributed by atoms with Gasteiger partial charge in [0.25, 0.3) is 0 Å². The van der Waals surface area contributed by atoms with Crippen molar-refractivity contribution in [1.29, 1.82) is 0 Å². The summed E-state index contributed by atoms with van der Waals surface area (Å²) in [6, 6.07) is 6.15. The highest BCUT2D eigenvalue weighted by Crippen LogP contribution is 2.23. The maximum atomic E-state index is 13.4. The molecule has 5 heteroatoms. The highest BCUT2D eigenvalue weighted by Gasteiger charge is 2.20. The number of nitrogens with zero attached hydrogens (tertiary/aromatic N) is 2. The predicted molar refractivity (Wildman–Crippen MR) is 82.4 cm³/mol. The maximum absolute atomic E-state index is 13.4. The van der Waals surface area contributed by atoms with Gasteiger partial charge in [-0.15, -0.1) is 0 Å². The van der Waals surface area contributed by atoms with Crippen LogP contribution in [0.2, 0.25) is 0 Å². The highest BCUT2D eigenvalue weighted by atomic mass is 19.1. The zero-order valence-electron chi connectivity index (χ0n) is 12.6. The number of hydrogen-bond acceptors (Lipinski definition) is 3. The van der Waals surface area contributed by atoms with Gasteiger partial charge in [-0.1, -0.05) is 6.42 Å². The molecule has 3 rings (SSSR count). The van der Waals surface area contributed by atoms with Gasteiger partial charge in [0, 0.05) is 18.0 Å². The number of piperidine rings is 1. The predicted octanol–water partition coefficient (Wildman–Crippen LogP) is 3.45. The molecule has 2 heterocycles. The van der Waals surface area contributed by atoms with Gasteiger partial charge in [-0.3, -0.25) is 9.88 Å². The molecule has 0 aliphatic carbocycles. The molecule has 0 bridgehead atoms. The minimum atomic E-state index is -1.05. The summed E-state index contributed by atoms with van der Waals surface area (Å²) in [5.74, 6) is -1.50. The zero-order valence-corrected chi connectivity index (χ0v) is 12.6. The molecule has 0 saturated carbocycles. The number of benzene rings is 1. The molecule has 0 radical (unpaired) electrons. The summed E-state index contributed by atoms with van der Waals surface area (Å²) in [4.78, 5) is 18.3. The Morgan fingerprint density at radius 1 is 1.41 bits per heavy atom. The zero-order chi connectivity index (χ0) is 15.7. The summed E-state index contributed by atoms with van der Waals surface area (Å²) in [6.45, 7) is 3.83. The van der Waals surface area contributed by atoms with Crippen molar-refractivity contribution in [2.45, 2.75) is 38.8 Å². The van der Waals surface area contributed by atoms with Crippen LogP contribution in [-0.2, 0) is 6.54 Å². The standard InChI is InChI=1S/C17H19FN2O2/c1-11-4-2-3-7-20(11)10-13-9-15(17(21)22)14-8-12(18)5-6-16(14)19-13/h5-6,8-9,11H,2-4,7,10H2,1H3,(H,21,22). The Morgan fingerprint density at radius 2 is 2.23 bits per heavy atom. The van der Waals surface area contributed by atoms with Crippen molar-refractivity contribution in [3.63, 3.8) is 0 Å². The number of likely N-dealkylation sites (tertiary alicyclic amines) is 1. The molecule has 1 aromatic heterocycles. The van der Waals surface area contributed by atoms with E-state index in [0.29, 0.717) is 23.5 Å². The second-order valence-electron chi connectivity index (χ2n) is 5.94. The van der Waals surface area contributed by atoms with E-state index in [-0.39, 0.29) is 5.56 Å². The monoisotopic (exact) mass is 302 g/mol. The molecule has 1 aliphatic heterocycles. The largest absolute Gasteiger partial charge is 0.478 e. The third kappa shape index (κ3) is 2.95. The molecule has 0 amide bonds. The molecule has 1 saturated heterocycles. The molecule has 2 aromatic rings. The molecule has 1 fully saturated rings. The number of pyridine rings is 1. The molecule has 1 unspecified atom stereocenters. The number of carboxylic acid groups (broad SMARTS) is 1. The van der Waals surface area contributed by atoms with Crippen molar-refractivity contribution in [3.05, 3.63) is 41.3 Å². The Bertz CT molecular complexity index is 717. The van der Waals surface area contributed by atoms with Gasteiger partial charge in [0.15, 0.2) is 0 Å². The maximum Gasteiger partial charge on any atom is 0.336 e. The molecule has 0 spiro atoms. The van der Waals surface area contributed by atoms with Crippen LogP contribution in [0.4, 0.5) is 4.39 Å². The first-order valence-electron chi connectivity index (χ1n) is 7.61. The second kappa shape index (κ2) is 6.01. The molecule has 116 valence electrons. The fraction of sp³-hybridized carbons (Fsp3) is 0.412. The van der Waals surface area contributed by atoms with Crippen LogP contribution in [0.25, 0.3) is 10.9 Å². The lowest BCUT2D eigenvalue weighted by molar-refractivity contribution is 0.0698. The third-order valence-corrected chi connectivity index (χ3v) is 4.36. The lowest BCUT2D eigenvalue weighted by Gasteiger charge is -2.33. The number of halogens is 1. The van der Waals surface area contributed by atoms with Gasteiger partial charge in [0.1, 0.15) is 5.82 Å². The Hall–Kier alpha value is -2.01. The van der Waals surface area contributed by atoms with Crippen LogP contribution >= 0.6 is 0 Å². The van der Waals surface area contributed by atoms with E-state index in [1.54, 1.807) is 12.1 Å². The van der Waals surface area contributed by atoms with E-state index in [2.05, 4.69) is 16.8 Å². The Balaban J connectivity index is 2.00.